The maximum Gasteiger partial charge on any atom is 0.123 e. The van der Waals surface area contributed by atoms with Crippen molar-refractivity contribution in [1.82, 2.24) is 14.7 Å². The lowest BCUT2D eigenvalue weighted by Gasteiger charge is -2.25. The van der Waals surface area contributed by atoms with Crippen LogP contribution in [0.5, 0.6) is 0 Å². The van der Waals surface area contributed by atoms with E-state index in [0.29, 0.717) is 11.8 Å². The summed E-state index contributed by atoms with van der Waals surface area (Å²) in [6, 6.07) is 21.5. The number of rotatable bonds is 5. The van der Waals surface area contributed by atoms with Crippen LogP contribution in [0.2, 0.25) is 0 Å². The highest BCUT2D eigenvalue weighted by Gasteiger charge is 2.69. The van der Waals surface area contributed by atoms with E-state index in [1.807, 2.05) is 10.9 Å². The molecule has 1 aliphatic carbocycles. The number of nitrogens with zero attached hydrogens (tertiary/aromatic N) is 3. The Bertz CT molecular complexity index is 1280. The van der Waals surface area contributed by atoms with Crippen molar-refractivity contribution in [1.29, 1.82) is 0 Å². The number of likely N-dealkylation sites (tertiary alicyclic amines) is 1. The van der Waals surface area contributed by atoms with Crippen LogP contribution in [0, 0.1) is 24.6 Å². The molecule has 4 aromatic rings. The van der Waals surface area contributed by atoms with Gasteiger partial charge in [0.2, 0.25) is 0 Å². The van der Waals surface area contributed by atoms with E-state index in [4.69, 9.17) is 0 Å². The van der Waals surface area contributed by atoms with Crippen molar-refractivity contribution >= 4 is 10.9 Å². The minimum Gasteiger partial charge on any atom is -0.396 e. The molecule has 0 bridgehead atoms. The Morgan fingerprint density at radius 3 is 2.62 bits per heavy atom. The normalized spacial score (nSPS) is 24.7. The predicted molar refractivity (Wildman–Crippen MR) is 123 cm³/mol. The van der Waals surface area contributed by atoms with Gasteiger partial charge in [0.15, 0.2) is 0 Å². The second-order valence-corrected chi connectivity index (χ2v) is 9.35. The number of fused-ring (bicyclic) bond motifs is 2. The van der Waals surface area contributed by atoms with E-state index >= 15 is 0 Å². The van der Waals surface area contributed by atoms with Crippen LogP contribution >= 0.6 is 0 Å². The lowest BCUT2D eigenvalue weighted by Crippen LogP contribution is -2.30. The monoisotopic (exact) mass is 427 g/mol. The summed E-state index contributed by atoms with van der Waals surface area (Å²) in [5, 5.41) is 15.8. The number of hydrogen-bond donors (Lipinski definition) is 1. The first-order chi connectivity index (χ1) is 15.6. The zero-order chi connectivity index (χ0) is 21.9. The number of benzene rings is 3. The van der Waals surface area contributed by atoms with Gasteiger partial charge in [-0.1, -0.05) is 30.3 Å². The standard InChI is InChI=1S/C27H26FN3O/c1-18-11-26-20(13-29-31(26)22-9-7-21(28)8-10-22)12-23(18)27-17-30(15-24(27)25(27)16-32)14-19-5-3-2-4-6-19/h2-13,24-25,32H,14-17H2,1H3/t24-,25-,27+/m0/s1. The smallest absolute Gasteiger partial charge is 0.123 e. The van der Waals surface area contributed by atoms with Gasteiger partial charge in [0, 0.05) is 37.0 Å². The molecule has 162 valence electrons. The summed E-state index contributed by atoms with van der Waals surface area (Å²) in [6.45, 7) is 5.33. The molecule has 1 saturated heterocycles. The number of aliphatic hydroxyl groups is 1. The van der Waals surface area contributed by atoms with E-state index in [1.54, 1.807) is 12.1 Å². The molecule has 3 atom stereocenters. The molecule has 2 fully saturated rings. The average molecular weight is 428 g/mol. The molecule has 2 aliphatic rings. The third-order valence-corrected chi connectivity index (χ3v) is 7.57. The van der Waals surface area contributed by atoms with Crippen molar-refractivity contribution in [3.05, 3.63) is 95.4 Å². The topological polar surface area (TPSA) is 41.3 Å². The van der Waals surface area contributed by atoms with Gasteiger partial charge in [-0.2, -0.15) is 5.10 Å². The van der Waals surface area contributed by atoms with Crippen LogP contribution in [0.4, 0.5) is 4.39 Å². The van der Waals surface area contributed by atoms with Crippen molar-refractivity contribution < 1.29 is 9.50 Å². The Kier molecular flexibility index (Phi) is 4.46. The number of aromatic nitrogens is 2. The average Bonchev–Trinajstić information content (AvgIpc) is 3.07. The van der Waals surface area contributed by atoms with Gasteiger partial charge in [-0.05, 0) is 71.8 Å². The summed E-state index contributed by atoms with van der Waals surface area (Å²) >= 11 is 0. The van der Waals surface area contributed by atoms with Gasteiger partial charge < -0.3 is 5.11 Å². The molecule has 0 amide bonds. The second-order valence-electron chi connectivity index (χ2n) is 9.35. The fourth-order valence-corrected chi connectivity index (χ4v) is 6.05. The Labute approximate surface area is 186 Å². The Hall–Kier alpha value is -3.02. The molecule has 4 nitrogen and oxygen atoms in total. The fourth-order valence-electron chi connectivity index (χ4n) is 6.05. The fraction of sp³-hybridized carbons (Fsp3) is 0.296. The number of aryl methyl sites for hydroxylation is 1. The molecular formula is C27H26FN3O. The van der Waals surface area contributed by atoms with Crippen LogP contribution in [0.25, 0.3) is 16.6 Å². The van der Waals surface area contributed by atoms with Crippen LogP contribution in [-0.4, -0.2) is 39.5 Å². The van der Waals surface area contributed by atoms with Gasteiger partial charge >= 0.3 is 0 Å². The van der Waals surface area contributed by atoms with Crippen molar-refractivity contribution in [3.63, 3.8) is 0 Å². The Balaban J connectivity index is 1.35. The summed E-state index contributed by atoms with van der Waals surface area (Å²) in [5.41, 5.74) is 5.77. The predicted octanol–water partition coefficient (Wildman–Crippen LogP) is 4.46. The molecule has 1 N–H and O–H groups in total. The van der Waals surface area contributed by atoms with Crippen molar-refractivity contribution in [3.8, 4) is 5.69 Å². The lowest BCUT2D eigenvalue weighted by atomic mass is 9.88. The first-order valence-electron chi connectivity index (χ1n) is 11.2. The Morgan fingerprint density at radius 2 is 1.88 bits per heavy atom. The van der Waals surface area contributed by atoms with E-state index in [0.717, 1.165) is 36.2 Å². The second kappa shape index (κ2) is 7.26. The maximum atomic E-state index is 13.4. The van der Waals surface area contributed by atoms with E-state index in [1.165, 1.54) is 28.8 Å². The van der Waals surface area contributed by atoms with Crippen LogP contribution in [0.3, 0.4) is 0 Å². The minimum atomic E-state index is -0.251. The zero-order valence-electron chi connectivity index (χ0n) is 18.1. The highest BCUT2D eigenvalue weighted by atomic mass is 19.1. The molecule has 32 heavy (non-hydrogen) atoms. The number of piperidine rings is 1. The van der Waals surface area contributed by atoms with Gasteiger partial charge in [0.25, 0.3) is 0 Å². The molecule has 1 aromatic heterocycles. The molecule has 1 aliphatic heterocycles. The molecule has 5 heteroatoms. The molecule has 6 rings (SSSR count). The largest absolute Gasteiger partial charge is 0.396 e. The third-order valence-electron chi connectivity index (χ3n) is 7.57. The van der Waals surface area contributed by atoms with E-state index in [2.05, 4.69) is 59.4 Å². The maximum absolute atomic E-state index is 13.4. The van der Waals surface area contributed by atoms with Crippen LogP contribution < -0.4 is 0 Å². The van der Waals surface area contributed by atoms with Gasteiger partial charge in [-0.3, -0.25) is 4.90 Å². The first kappa shape index (κ1) is 19.6. The van der Waals surface area contributed by atoms with Gasteiger partial charge in [0.1, 0.15) is 5.82 Å². The number of aliphatic hydroxyl groups excluding tert-OH is 1. The summed E-state index contributed by atoms with van der Waals surface area (Å²) in [4.78, 5) is 2.53. The van der Waals surface area contributed by atoms with Gasteiger partial charge in [-0.25, -0.2) is 9.07 Å². The van der Waals surface area contributed by atoms with Crippen LogP contribution in [0.1, 0.15) is 16.7 Å². The van der Waals surface area contributed by atoms with E-state index in [-0.39, 0.29) is 17.8 Å². The van der Waals surface area contributed by atoms with Gasteiger partial charge in [0.05, 0.1) is 17.4 Å². The van der Waals surface area contributed by atoms with Crippen molar-refractivity contribution in [2.45, 2.75) is 18.9 Å². The van der Waals surface area contributed by atoms with E-state index in [9.17, 15) is 9.50 Å². The first-order valence-corrected chi connectivity index (χ1v) is 11.2. The summed E-state index contributed by atoms with van der Waals surface area (Å²) in [7, 11) is 0. The van der Waals surface area contributed by atoms with Crippen molar-refractivity contribution in [2.24, 2.45) is 11.8 Å². The van der Waals surface area contributed by atoms with Crippen LogP contribution in [0.15, 0.2) is 72.9 Å². The lowest BCUT2D eigenvalue weighted by molar-refractivity contribution is 0.210. The molecule has 0 radical (unpaired) electrons. The van der Waals surface area contributed by atoms with Crippen molar-refractivity contribution in [2.75, 3.05) is 19.7 Å². The highest BCUT2D eigenvalue weighted by Crippen LogP contribution is 2.64. The Morgan fingerprint density at radius 1 is 1.09 bits per heavy atom. The molecule has 2 heterocycles. The highest BCUT2D eigenvalue weighted by molar-refractivity contribution is 5.83. The molecule has 3 aromatic carbocycles. The number of hydrogen-bond acceptors (Lipinski definition) is 3. The van der Waals surface area contributed by atoms with Crippen LogP contribution in [-0.2, 0) is 12.0 Å². The molecule has 0 unspecified atom stereocenters. The summed E-state index contributed by atoms with van der Waals surface area (Å²) in [6.07, 6.45) is 1.89. The quantitative estimate of drug-likeness (QED) is 0.511. The zero-order valence-corrected chi connectivity index (χ0v) is 18.1. The summed E-state index contributed by atoms with van der Waals surface area (Å²) < 4.78 is 15.2. The minimum absolute atomic E-state index is 0.0137. The summed E-state index contributed by atoms with van der Waals surface area (Å²) in [5.74, 6) is 0.552. The molecule has 0 spiro atoms. The molecular weight excluding hydrogens is 401 g/mol. The SMILES string of the molecule is Cc1cc2c(cnn2-c2ccc(F)cc2)cc1[C@]12CN(Cc3ccccc3)C[C@H]1[C@@H]2CO. The van der Waals surface area contributed by atoms with Gasteiger partial charge in [-0.15, -0.1) is 0 Å². The third kappa shape index (κ3) is 2.92. The molecule has 1 saturated carbocycles. The van der Waals surface area contributed by atoms with E-state index < -0.39 is 0 Å². The number of halogens is 1.